The molecule has 2 fully saturated rings. The van der Waals surface area contributed by atoms with Crippen molar-refractivity contribution in [1.82, 2.24) is 10.3 Å². The first-order valence-electron chi connectivity index (χ1n) is 20.9. The minimum absolute atomic E-state index is 0.0321. The summed E-state index contributed by atoms with van der Waals surface area (Å²) in [5.41, 5.74) is 1.78. The van der Waals surface area contributed by atoms with Gasteiger partial charge >= 0.3 is 0 Å². The lowest BCUT2D eigenvalue weighted by molar-refractivity contribution is -0.323. The Labute approximate surface area is 330 Å². The highest BCUT2D eigenvalue weighted by atomic mass is 16.7. The number of aromatic nitrogens is 1. The molecule has 2 saturated heterocycles. The lowest BCUT2D eigenvalue weighted by Crippen LogP contribution is -2.62. The highest BCUT2D eigenvalue weighted by Crippen LogP contribution is 2.30. The van der Waals surface area contributed by atoms with Crippen LogP contribution in [0.25, 0.3) is 10.9 Å². The maximum absolute atomic E-state index is 12.5. The molecular weight excluding hydrogens is 728 g/mol. The van der Waals surface area contributed by atoms with E-state index >= 15 is 0 Å². The lowest BCUT2D eigenvalue weighted by atomic mass is 9.98. The summed E-state index contributed by atoms with van der Waals surface area (Å²) >= 11 is 0. The van der Waals surface area contributed by atoms with Crippen LogP contribution in [0, 0.1) is 0 Å². The first kappa shape index (κ1) is 46.3. The number of aliphatic hydroxyl groups excluding tert-OH is 8. The Kier molecular flexibility index (Phi) is 20.2. The zero-order valence-electron chi connectivity index (χ0n) is 32.9. The van der Waals surface area contributed by atoms with Gasteiger partial charge in [0.05, 0.1) is 19.3 Å². The van der Waals surface area contributed by atoms with Crippen LogP contribution in [0.5, 0.6) is 5.75 Å². The van der Waals surface area contributed by atoms with Gasteiger partial charge < -0.3 is 70.1 Å². The van der Waals surface area contributed by atoms with Gasteiger partial charge in [-0.05, 0) is 49.4 Å². The average Bonchev–Trinajstić information content (AvgIpc) is 3.60. The van der Waals surface area contributed by atoms with Crippen molar-refractivity contribution >= 4 is 16.8 Å². The van der Waals surface area contributed by atoms with E-state index in [1.165, 1.54) is 57.8 Å². The topological polar surface area (TPSA) is 244 Å². The number of unbranched alkanes of at least 4 members (excludes halogenated alkanes) is 12. The van der Waals surface area contributed by atoms with Crippen molar-refractivity contribution in [1.29, 1.82) is 0 Å². The van der Waals surface area contributed by atoms with Gasteiger partial charge in [-0.1, -0.05) is 84.0 Å². The molecule has 56 heavy (non-hydrogen) atoms. The van der Waals surface area contributed by atoms with Gasteiger partial charge in [-0.15, -0.1) is 0 Å². The fraction of sp³-hybridized carbons (Fsp3) is 0.780. The van der Waals surface area contributed by atoms with Crippen LogP contribution in [0.2, 0.25) is 0 Å². The molecule has 11 atom stereocenters. The number of hydrogen-bond acceptors (Lipinski definition) is 13. The predicted molar refractivity (Wildman–Crippen MR) is 208 cm³/mol. The number of fused-ring (bicyclic) bond motifs is 1. The van der Waals surface area contributed by atoms with Gasteiger partial charge in [0.2, 0.25) is 12.2 Å². The fourth-order valence-electron chi connectivity index (χ4n) is 7.36. The summed E-state index contributed by atoms with van der Waals surface area (Å²) in [6.45, 7) is 1.38. The van der Waals surface area contributed by atoms with Gasteiger partial charge in [0.1, 0.15) is 54.6 Å². The van der Waals surface area contributed by atoms with Gasteiger partial charge in [0.25, 0.3) is 0 Å². The van der Waals surface area contributed by atoms with Gasteiger partial charge in [0.15, 0.2) is 6.29 Å². The lowest BCUT2D eigenvalue weighted by Gasteiger charge is -2.42. The van der Waals surface area contributed by atoms with Crippen molar-refractivity contribution in [3.8, 4) is 5.75 Å². The van der Waals surface area contributed by atoms with Crippen LogP contribution in [0.15, 0.2) is 24.4 Å². The van der Waals surface area contributed by atoms with Crippen molar-refractivity contribution in [2.45, 2.75) is 184 Å². The largest absolute Gasteiger partial charge is 0.462 e. The van der Waals surface area contributed by atoms with E-state index in [9.17, 15) is 45.6 Å². The first-order valence-corrected chi connectivity index (χ1v) is 20.9. The summed E-state index contributed by atoms with van der Waals surface area (Å²) in [6, 6.07) is 5.20. The standard InChI is InChI=1S/C41H68N2O13/c1-2-27(45)16-14-12-10-8-6-4-3-5-7-9-11-13-15-17-33(46)42-21-20-26-23-43-30-19-18-28(22-29(26)30)54-41-39(52)37(50)35(48)32(56-41)25-53-40-38(51)36(49)34(47)31(24-44)55-40/h18-19,22-23,27,31-32,34-41,43-45,47-52H,2-17,20-21,24-25H2,1H3,(H,42,46)/t27?,31-,32-,34-,35-,36+,37+,38-,39-,40-,41-/m1/s1. The number of amides is 1. The second kappa shape index (κ2) is 24.5. The SMILES string of the molecule is CCC(O)CCCCCCCCCCCCCCCC(=O)NCCc1c[nH]c2ccc(O[C@@H]3O[C@H](CO[C@@H]4O[C@H](CO)[C@@H](O)[C@H](O)[C@H]4O)[C@@H](O)[C@H](O)[C@H]3O)cc12. The molecule has 0 radical (unpaired) electrons. The van der Waals surface area contributed by atoms with Crippen LogP contribution in [-0.4, -0.2) is 139 Å². The van der Waals surface area contributed by atoms with Crippen LogP contribution >= 0.6 is 0 Å². The van der Waals surface area contributed by atoms with Crippen LogP contribution in [0.3, 0.4) is 0 Å². The van der Waals surface area contributed by atoms with Crippen LogP contribution in [0.4, 0.5) is 0 Å². The van der Waals surface area contributed by atoms with Gasteiger partial charge in [-0.25, -0.2) is 0 Å². The maximum atomic E-state index is 12.5. The van der Waals surface area contributed by atoms with Gasteiger partial charge in [-0.3, -0.25) is 4.79 Å². The number of rotatable bonds is 26. The summed E-state index contributed by atoms with van der Waals surface area (Å²) in [7, 11) is 0. The smallest absolute Gasteiger partial charge is 0.229 e. The van der Waals surface area contributed by atoms with Crippen molar-refractivity contribution in [2.75, 3.05) is 19.8 Å². The number of aliphatic hydroxyl groups is 8. The molecule has 1 unspecified atom stereocenters. The van der Waals surface area contributed by atoms with E-state index in [0.717, 1.165) is 55.0 Å². The van der Waals surface area contributed by atoms with E-state index in [4.69, 9.17) is 18.9 Å². The normalized spacial score (nSPS) is 28.7. The molecule has 2 aliphatic heterocycles. The van der Waals surface area contributed by atoms with Crippen molar-refractivity contribution in [3.63, 3.8) is 0 Å². The summed E-state index contributed by atoms with van der Waals surface area (Å²) in [5, 5.41) is 85.0. The van der Waals surface area contributed by atoms with Crippen molar-refractivity contribution in [2.24, 2.45) is 0 Å². The molecule has 4 rings (SSSR count). The highest BCUT2D eigenvalue weighted by molar-refractivity contribution is 5.84. The Morgan fingerprint density at radius 3 is 1.96 bits per heavy atom. The van der Waals surface area contributed by atoms with Crippen LogP contribution in [-0.2, 0) is 25.4 Å². The summed E-state index contributed by atoms with van der Waals surface area (Å²) < 4.78 is 22.5. The minimum Gasteiger partial charge on any atom is -0.462 e. The first-order chi connectivity index (χ1) is 27.0. The van der Waals surface area contributed by atoms with Gasteiger partial charge in [-0.2, -0.15) is 0 Å². The molecule has 2 aromatic rings. The Bertz CT molecular complexity index is 1390. The minimum atomic E-state index is -1.68. The maximum Gasteiger partial charge on any atom is 0.229 e. The Balaban J connectivity index is 1.11. The van der Waals surface area contributed by atoms with E-state index in [1.54, 1.807) is 18.2 Å². The summed E-state index contributed by atoms with van der Waals surface area (Å²) in [6.07, 6.45) is 5.10. The quantitative estimate of drug-likeness (QED) is 0.0616. The molecule has 1 aromatic carbocycles. The molecule has 1 aromatic heterocycles. The zero-order chi connectivity index (χ0) is 40.5. The molecule has 2 aliphatic rings. The van der Waals surface area contributed by atoms with E-state index in [1.807, 2.05) is 13.1 Å². The highest BCUT2D eigenvalue weighted by Gasteiger charge is 2.48. The molecule has 15 nitrogen and oxygen atoms in total. The number of carbonyl (C=O) groups is 1. The number of ether oxygens (including phenoxy) is 4. The molecule has 0 bridgehead atoms. The number of hydrogen-bond donors (Lipinski definition) is 10. The molecular formula is C41H68N2O13. The Hall–Kier alpha value is -2.41. The van der Waals surface area contributed by atoms with Crippen molar-refractivity contribution < 1.29 is 64.6 Å². The summed E-state index contributed by atoms with van der Waals surface area (Å²) in [5.74, 6) is 0.347. The van der Waals surface area contributed by atoms with E-state index < -0.39 is 74.6 Å². The number of aromatic amines is 1. The number of nitrogens with one attached hydrogen (secondary N) is 2. The number of H-pyrrole nitrogens is 1. The third kappa shape index (κ3) is 14.2. The molecule has 10 N–H and O–H groups in total. The van der Waals surface area contributed by atoms with Gasteiger partial charge in [0, 0.05) is 30.1 Å². The molecule has 320 valence electrons. The average molecular weight is 797 g/mol. The summed E-state index contributed by atoms with van der Waals surface area (Å²) in [4.78, 5) is 15.7. The van der Waals surface area contributed by atoms with E-state index in [0.29, 0.717) is 25.1 Å². The number of carbonyl (C=O) groups excluding carboxylic acids is 1. The molecule has 0 aliphatic carbocycles. The van der Waals surface area contributed by atoms with Crippen molar-refractivity contribution in [3.05, 3.63) is 30.0 Å². The van der Waals surface area contributed by atoms with Crippen LogP contribution < -0.4 is 10.1 Å². The third-order valence-electron chi connectivity index (χ3n) is 11.1. The second-order valence-electron chi connectivity index (χ2n) is 15.5. The third-order valence-corrected chi connectivity index (χ3v) is 11.1. The zero-order valence-corrected chi connectivity index (χ0v) is 32.9. The Morgan fingerprint density at radius 1 is 0.768 bits per heavy atom. The monoisotopic (exact) mass is 796 g/mol. The van der Waals surface area contributed by atoms with E-state index in [-0.39, 0.29) is 12.0 Å². The fourth-order valence-corrected chi connectivity index (χ4v) is 7.36. The molecule has 0 saturated carbocycles. The van der Waals surface area contributed by atoms with Crippen LogP contribution in [0.1, 0.15) is 115 Å². The van der Waals surface area contributed by atoms with E-state index in [2.05, 4.69) is 10.3 Å². The molecule has 1 amide bonds. The second-order valence-corrected chi connectivity index (χ2v) is 15.5. The molecule has 3 heterocycles. The molecule has 0 spiro atoms. The predicted octanol–water partition coefficient (Wildman–Crippen LogP) is 2.45. The Morgan fingerprint density at radius 2 is 1.34 bits per heavy atom. The molecule has 15 heteroatoms. The number of benzene rings is 1.